The molecule has 0 fully saturated rings. The zero-order chi connectivity index (χ0) is 40.1. The van der Waals surface area contributed by atoms with E-state index in [2.05, 4.69) is 56.4 Å². The second-order valence-corrected chi connectivity index (χ2v) is 15.1. The lowest BCUT2D eigenvalue weighted by Crippen LogP contribution is -2.26. The van der Waals surface area contributed by atoms with Gasteiger partial charge in [0.25, 0.3) is 0 Å². The minimum Gasteiger partial charge on any atom is -0.466 e. The van der Waals surface area contributed by atoms with E-state index in [1.54, 1.807) is 0 Å². The van der Waals surface area contributed by atoms with E-state index in [-0.39, 0.29) is 30.7 Å². The van der Waals surface area contributed by atoms with E-state index < -0.39 is 5.41 Å². The van der Waals surface area contributed by atoms with E-state index in [4.69, 9.17) is 24.2 Å². The highest BCUT2D eigenvalue weighted by Gasteiger charge is 2.41. The predicted octanol–water partition coefficient (Wildman–Crippen LogP) is 9.64. The minimum atomic E-state index is -0.592. The highest BCUT2D eigenvalue weighted by molar-refractivity contribution is 5.98. The summed E-state index contributed by atoms with van der Waals surface area (Å²) >= 11 is 0. The van der Waals surface area contributed by atoms with Crippen molar-refractivity contribution >= 4 is 56.8 Å². The molecule has 3 aliphatic heterocycles. The Balaban J connectivity index is 1.60. The van der Waals surface area contributed by atoms with Crippen molar-refractivity contribution in [2.24, 2.45) is 0 Å². The number of nitrogens with one attached hydrogen (secondary N) is 2. The van der Waals surface area contributed by atoms with E-state index in [1.165, 1.54) is 7.11 Å². The lowest BCUT2D eigenvalue weighted by molar-refractivity contribution is -0.144. The van der Waals surface area contributed by atoms with Crippen LogP contribution in [0, 0.1) is 6.92 Å². The topological polar surface area (TPSA) is 136 Å². The van der Waals surface area contributed by atoms with Crippen molar-refractivity contribution in [3.8, 4) is 0 Å². The molecular weight excluding hydrogens is 705 g/mol. The third-order valence-corrected chi connectivity index (χ3v) is 11.3. The fourth-order valence-corrected chi connectivity index (χ4v) is 7.85. The van der Waals surface area contributed by atoms with Crippen LogP contribution in [0.4, 0.5) is 0 Å². The quantitative estimate of drug-likeness (QED) is 0.110. The molecule has 1 atom stereocenters. The van der Waals surface area contributed by atoms with Crippen LogP contribution in [0.3, 0.4) is 0 Å². The number of hydrogen-bond donors (Lipinski definition) is 2. The molecular formula is C46H54N4O6. The number of carbonyl (C=O) groups excluding carboxylic acids is 3. The zero-order valence-electron chi connectivity index (χ0n) is 33.9. The monoisotopic (exact) mass is 758 g/mol. The Hall–Kier alpha value is -5.51. The summed E-state index contributed by atoms with van der Waals surface area (Å²) in [6.07, 6.45) is 11.0. The first kappa shape index (κ1) is 40.2. The number of allylic oxidation sites excluding steroid dienone is 8. The van der Waals surface area contributed by atoms with Gasteiger partial charge in [0.1, 0.15) is 0 Å². The first-order chi connectivity index (χ1) is 26.9. The molecule has 2 aromatic rings. The number of rotatable bonds is 14. The molecule has 5 heterocycles. The maximum Gasteiger partial charge on any atom is 0.333 e. The molecule has 2 N–H and O–H groups in total. The molecule has 4 aliphatic rings. The Morgan fingerprint density at radius 1 is 0.821 bits per heavy atom. The number of aryl methyl sites for hydroxylation is 2. The standard InChI is InChI=1S/C46H54N4O6/c1-9-12-20-55-43(51)18-15-32-28(5)36-22-35-27(4)31(11-3)40(49-35)25-42-46(7)26-30(45(53)54-8)14-17-34(46)41(50-42)23-37-29(6)33(39(48-37)24-38(32)47-36)16-19-44(52)56-21-13-10-2/h11,14,17,22-25,47,50H,3,9-10,12-13,15-16,18-21,26H2,1-2,4-8H3/t46-/m0/s1. The summed E-state index contributed by atoms with van der Waals surface area (Å²) in [5, 5.41) is 0. The van der Waals surface area contributed by atoms with Crippen LogP contribution in [0.25, 0.3) is 38.9 Å². The van der Waals surface area contributed by atoms with Crippen molar-refractivity contribution in [2.75, 3.05) is 20.3 Å². The molecule has 8 bridgehead atoms. The van der Waals surface area contributed by atoms with Crippen LogP contribution in [-0.2, 0) is 40.4 Å². The fourth-order valence-electron chi connectivity index (χ4n) is 7.85. The van der Waals surface area contributed by atoms with Gasteiger partial charge in [0.15, 0.2) is 0 Å². The molecule has 0 radical (unpaired) electrons. The number of nitrogens with zero attached hydrogens (tertiary/aromatic N) is 2. The predicted molar refractivity (Wildman–Crippen MR) is 222 cm³/mol. The molecule has 56 heavy (non-hydrogen) atoms. The van der Waals surface area contributed by atoms with Gasteiger partial charge in [-0.05, 0) is 117 Å². The number of aromatic amines is 2. The number of aromatic nitrogens is 4. The molecule has 0 unspecified atom stereocenters. The lowest BCUT2D eigenvalue weighted by atomic mass is 9.72. The number of H-pyrrole nitrogens is 2. The minimum absolute atomic E-state index is 0.220. The Morgan fingerprint density at radius 2 is 1.46 bits per heavy atom. The average Bonchev–Trinajstić information content (AvgIpc) is 3.83. The molecule has 2 aromatic heterocycles. The summed E-state index contributed by atoms with van der Waals surface area (Å²) < 4.78 is 16.2. The number of unbranched alkanes of at least 4 members (excludes halogenated alkanes) is 2. The summed E-state index contributed by atoms with van der Waals surface area (Å²) in [5.41, 5.74) is 13.3. The number of methoxy groups -OCH3 is 1. The largest absolute Gasteiger partial charge is 0.466 e. The average molecular weight is 759 g/mol. The first-order valence-corrected chi connectivity index (χ1v) is 19.8. The third kappa shape index (κ3) is 8.06. The number of hydrogen-bond acceptors (Lipinski definition) is 8. The van der Waals surface area contributed by atoms with Crippen molar-refractivity contribution < 1.29 is 28.6 Å². The van der Waals surface area contributed by atoms with Crippen LogP contribution < -0.4 is 0 Å². The van der Waals surface area contributed by atoms with Gasteiger partial charge in [0.05, 0.1) is 43.1 Å². The molecule has 6 rings (SSSR count). The Bertz CT molecular complexity index is 2280. The third-order valence-electron chi connectivity index (χ3n) is 11.3. The van der Waals surface area contributed by atoms with Gasteiger partial charge in [-0.3, -0.25) is 9.59 Å². The Labute approximate surface area is 329 Å². The number of fused-ring (bicyclic) bond motifs is 11. The van der Waals surface area contributed by atoms with E-state index in [0.29, 0.717) is 38.0 Å². The van der Waals surface area contributed by atoms with Gasteiger partial charge in [-0.2, -0.15) is 0 Å². The fraction of sp³-hybridized carbons (Fsp3) is 0.413. The highest BCUT2D eigenvalue weighted by Crippen LogP contribution is 2.49. The lowest BCUT2D eigenvalue weighted by Gasteiger charge is -2.30. The van der Waals surface area contributed by atoms with Crippen LogP contribution in [-0.4, -0.2) is 58.2 Å². The van der Waals surface area contributed by atoms with E-state index in [9.17, 15) is 14.4 Å². The van der Waals surface area contributed by atoms with Crippen LogP contribution >= 0.6 is 0 Å². The molecule has 0 spiro atoms. The molecule has 0 amide bonds. The van der Waals surface area contributed by atoms with E-state index >= 15 is 0 Å². The number of carbonyl (C=O) groups is 3. The van der Waals surface area contributed by atoms with Gasteiger partial charge in [0.2, 0.25) is 0 Å². The summed E-state index contributed by atoms with van der Waals surface area (Å²) in [5.74, 6) is -0.825. The van der Waals surface area contributed by atoms with Crippen LogP contribution in [0.2, 0.25) is 0 Å². The van der Waals surface area contributed by atoms with Crippen molar-refractivity contribution in [3.63, 3.8) is 0 Å². The summed E-state index contributed by atoms with van der Waals surface area (Å²) in [6, 6.07) is 8.20. The van der Waals surface area contributed by atoms with Crippen LogP contribution in [0.15, 0.2) is 54.6 Å². The van der Waals surface area contributed by atoms with Gasteiger partial charge in [-0.1, -0.05) is 51.5 Å². The van der Waals surface area contributed by atoms with Crippen LogP contribution in [0.5, 0.6) is 0 Å². The van der Waals surface area contributed by atoms with Crippen molar-refractivity contribution in [2.45, 2.75) is 105 Å². The molecule has 0 aromatic carbocycles. The highest BCUT2D eigenvalue weighted by atomic mass is 16.5. The second-order valence-electron chi connectivity index (χ2n) is 15.1. The van der Waals surface area contributed by atoms with Crippen molar-refractivity contribution in [3.05, 3.63) is 99.9 Å². The maximum absolute atomic E-state index is 12.9. The van der Waals surface area contributed by atoms with E-state index in [1.807, 2.05) is 44.2 Å². The Morgan fingerprint density at radius 3 is 2.12 bits per heavy atom. The zero-order valence-corrected chi connectivity index (χ0v) is 33.9. The molecule has 0 saturated carbocycles. The van der Waals surface area contributed by atoms with Gasteiger partial charge in [-0.25, -0.2) is 14.8 Å². The van der Waals surface area contributed by atoms with Crippen LogP contribution in [0.1, 0.15) is 131 Å². The molecule has 10 heteroatoms. The van der Waals surface area contributed by atoms with Gasteiger partial charge in [-0.15, -0.1) is 0 Å². The second kappa shape index (κ2) is 17.1. The van der Waals surface area contributed by atoms with Crippen molar-refractivity contribution in [1.82, 2.24) is 19.9 Å². The van der Waals surface area contributed by atoms with E-state index in [0.717, 1.165) is 110 Å². The molecule has 10 nitrogen and oxygen atoms in total. The number of ether oxygens (including phenoxy) is 3. The Kier molecular flexibility index (Phi) is 12.3. The molecule has 0 saturated heterocycles. The molecule has 294 valence electrons. The van der Waals surface area contributed by atoms with Gasteiger partial charge >= 0.3 is 17.9 Å². The first-order valence-electron chi connectivity index (χ1n) is 19.8. The smallest absolute Gasteiger partial charge is 0.333 e. The van der Waals surface area contributed by atoms with Crippen molar-refractivity contribution in [1.29, 1.82) is 0 Å². The normalized spacial score (nSPS) is 16.8. The summed E-state index contributed by atoms with van der Waals surface area (Å²) in [4.78, 5) is 56.2. The molecule has 1 aliphatic carbocycles. The summed E-state index contributed by atoms with van der Waals surface area (Å²) in [7, 11) is 1.40. The van der Waals surface area contributed by atoms with Gasteiger partial charge in [0, 0.05) is 51.8 Å². The summed E-state index contributed by atoms with van der Waals surface area (Å²) in [6.45, 7) is 17.4. The number of esters is 3. The SMILES string of the molecule is C=CC1=C(C)c2cc3[nH]c(cc4nc(cc5[nH]c(cc1n2)[C@@]1(C)CC(C(=O)OC)=CC=C51)C(C)=C4CCC(=O)OCCCC)c(CCC(=O)OCCCC)c3C. The maximum atomic E-state index is 12.9. The van der Waals surface area contributed by atoms with Gasteiger partial charge < -0.3 is 24.2 Å².